The molecule has 0 amide bonds. The molecule has 0 atom stereocenters. The second-order valence-corrected chi connectivity index (χ2v) is 1.80. The number of halogens is 2. The molecule has 0 bridgehead atoms. The van der Waals surface area contributed by atoms with Gasteiger partial charge in [0.1, 0.15) is 0 Å². The van der Waals surface area contributed by atoms with Gasteiger partial charge in [-0.25, -0.2) is 0 Å². The minimum atomic E-state index is 0. The summed E-state index contributed by atoms with van der Waals surface area (Å²) in [6, 6.07) is 0. The fourth-order valence-electron chi connectivity index (χ4n) is 0. The molecule has 8 heavy (non-hydrogen) atoms. The van der Waals surface area contributed by atoms with Crippen molar-refractivity contribution in [1.29, 1.82) is 0 Å². The molecule has 3 heteroatoms. The zero-order chi connectivity index (χ0) is 4.28. The molecule has 0 aromatic rings. The summed E-state index contributed by atoms with van der Waals surface area (Å²) in [6.45, 7) is 6.64. The van der Waals surface area contributed by atoms with Crippen molar-refractivity contribution >= 4 is 23.1 Å². The van der Waals surface area contributed by atoms with Crippen molar-refractivity contribution in [1.82, 2.24) is 0 Å². The van der Waals surface area contributed by atoms with Gasteiger partial charge in [-0.15, -0.1) is 0 Å². The Balaban J connectivity index is -0.0000000267. The quantitative estimate of drug-likeness (QED) is 0.416. The maximum Gasteiger partial charge on any atom is 2.00 e. The molecule has 0 N–H and O–H groups in total. The van der Waals surface area contributed by atoms with Crippen LogP contribution in [0.1, 0.15) is 27.2 Å². The van der Waals surface area contributed by atoms with Crippen molar-refractivity contribution < 1.29 is 34.0 Å². The minimum Gasteiger partial charge on any atom is -1.00 e. The van der Waals surface area contributed by atoms with Gasteiger partial charge in [-0.05, 0) is 5.92 Å². The van der Waals surface area contributed by atoms with Crippen molar-refractivity contribution in [3.63, 3.8) is 0 Å². The van der Waals surface area contributed by atoms with Crippen LogP contribution in [0.2, 0.25) is 0 Å². The van der Waals surface area contributed by atoms with Crippen molar-refractivity contribution in [2.75, 3.05) is 0 Å². The van der Waals surface area contributed by atoms with Crippen molar-refractivity contribution in [3.05, 3.63) is 0 Å². The summed E-state index contributed by atoms with van der Waals surface area (Å²) in [5.41, 5.74) is 0. The third-order valence-electron chi connectivity index (χ3n) is 0.816. The summed E-state index contributed by atoms with van der Waals surface area (Å²) < 4.78 is 0. The van der Waals surface area contributed by atoms with Crippen molar-refractivity contribution in [2.45, 2.75) is 27.2 Å². The molecule has 0 rings (SSSR count). The van der Waals surface area contributed by atoms with E-state index in [0.717, 1.165) is 5.92 Å². The summed E-state index contributed by atoms with van der Waals surface area (Å²) in [5.74, 6) is 0.884. The average molecular weight is 256 g/mol. The van der Waals surface area contributed by atoms with Crippen LogP contribution in [0.3, 0.4) is 0 Å². The summed E-state index contributed by atoms with van der Waals surface area (Å²) in [6.07, 6.45) is 1.31. The van der Waals surface area contributed by atoms with Crippen LogP contribution in [0.25, 0.3) is 0 Å². The molecule has 0 aliphatic carbocycles. The summed E-state index contributed by atoms with van der Waals surface area (Å²) >= 11 is 0. The smallest absolute Gasteiger partial charge is 1.00 e. The number of rotatable bonds is 1. The van der Waals surface area contributed by atoms with Gasteiger partial charge in [0.2, 0.25) is 0 Å². The second kappa shape index (κ2) is 15.9. The molecule has 0 radical (unpaired) electrons. The molecular weight excluding hydrogens is 244 g/mol. The first-order valence-corrected chi connectivity index (χ1v) is 2.27. The van der Waals surface area contributed by atoms with Gasteiger partial charge in [-0.3, -0.25) is 0 Å². The summed E-state index contributed by atoms with van der Waals surface area (Å²) in [7, 11) is 0. The van der Waals surface area contributed by atoms with Crippen molar-refractivity contribution in [3.8, 4) is 0 Å². The largest absolute Gasteiger partial charge is 2.00 e. The molecule has 0 saturated carbocycles. The number of hydrogen-bond donors (Lipinski definition) is 0. The molecule has 0 saturated heterocycles. The Kier molecular flexibility index (Phi) is 44.9. The SMILES string of the molecule is CCC(C)C.[Br-].[Br-].[Mg+2]. The zero-order valence-corrected chi connectivity index (χ0v) is 10.3. The fraction of sp³-hybridized carbons (Fsp3) is 1.00. The Morgan fingerprint density at radius 2 is 1.25 bits per heavy atom. The maximum absolute atomic E-state index is 2.22. The van der Waals surface area contributed by atoms with E-state index in [9.17, 15) is 0 Å². The molecular formula is C5H12Br2Mg. The normalized spacial score (nSPS) is 6.00. The first kappa shape index (κ1) is 22.6. The topological polar surface area (TPSA) is 0 Å². The molecule has 0 unspecified atom stereocenters. The van der Waals surface area contributed by atoms with Crippen LogP contribution < -0.4 is 34.0 Å². The van der Waals surface area contributed by atoms with E-state index in [4.69, 9.17) is 0 Å². The molecule has 0 aromatic carbocycles. The second-order valence-electron chi connectivity index (χ2n) is 1.80. The first-order chi connectivity index (χ1) is 2.27. The van der Waals surface area contributed by atoms with Gasteiger partial charge >= 0.3 is 23.1 Å². The van der Waals surface area contributed by atoms with E-state index in [1.807, 2.05) is 0 Å². The van der Waals surface area contributed by atoms with Crippen LogP contribution in [0, 0.1) is 5.92 Å². The molecule has 0 aromatic heterocycles. The Labute approximate surface area is 89.5 Å². The third-order valence-corrected chi connectivity index (χ3v) is 0.816. The average Bonchev–Trinajstić information content (AvgIpc) is 1.38. The van der Waals surface area contributed by atoms with Crippen molar-refractivity contribution in [2.24, 2.45) is 5.92 Å². The maximum atomic E-state index is 2.22. The Hall–Kier alpha value is 1.73. The van der Waals surface area contributed by atoms with E-state index in [-0.39, 0.29) is 57.0 Å². The summed E-state index contributed by atoms with van der Waals surface area (Å²) in [4.78, 5) is 0. The van der Waals surface area contributed by atoms with E-state index in [0.29, 0.717) is 0 Å². The predicted molar refractivity (Wildman–Crippen MR) is 30.9 cm³/mol. The molecule has 48 valence electrons. The Morgan fingerprint density at radius 1 is 1.12 bits per heavy atom. The van der Waals surface area contributed by atoms with E-state index >= 15 is 0 Å². The first-order valence-electron chi connectivity index (χ1n) is 2.27. The minimum absolute atomic E-state index is 0. The van der Waals surface area contributed by atoms with Gasteiger partial charge < -0.3 is 34.0 Å². The monoisotopic (exact) mass is 254 g/mol. The zero-order valence-electron chi connectivity index (χ0n) is 5.75. The predicted octanol–water partition coefficient (Wildman–Crippen LogP) is -4.32. The van der Waals surface area contributed by atoms with Gasteiger partial charge in [-0.1, -0.05) is 27.2 Å². The Bertz CT molecular complexity index is 24.4. The van der Waals surface area contributed by atoms with Crippen LogP contribution in [0.5, 0.6) is 0 Å². The van der Waals surface area contributed by atoms with Crippen LogP contribution in [0.4, 0.5) is 0 Å². The van der Waals surface area contributed by atoms with Gasteiger partial charge in [0.25, 0.3) is 0 Å². The van der Waals surface area contributed by atoms with E-state index in [1.54, 1.807) is 0 Å². The van der Waals surface area contributed by atoms with E-state index in [1.165, 1.54) is 6.42 Å². The van der Waals surface area contributed by atoms with Gasteiger partial charge in [0.15, 0.2) is 0 Å². The van der Waals surface area contributed by atoms with Gasteiger partial charge in [-0.2, -0.15) is 0 Å². The molecule has 0 aliphatic heterocycles. The summed E-state index contributed by atoms with van der Waals surface area (Å²) in [5, 5.41) is 0. The van der Waals surface area contributed by atoms with Crippen LogP contribution in [-0.4, -0.2) is 23.1 Å². The standard InChI is InChI=1S/C5H12.2BrH.Mg/c1-4-5(2)3;;;/h5H,4H2,1-3H3;2*1H;/q;;;+2/p-2. The number of hydrogen-bond acceptors (Lipinski definition) is 0. The van der Waals surface area contributed by atoms with E-state index < -0.39 is 0 Å². The van der Waals surface area contributed by atoms with Crippen LogP contribution >= 0.6 is 0 Å². The van der Waals surface area contributed by atoms with Gasteiger partial charge in [0, 0.05) is 0 Å². The molecule has 0 fully saturated rings. The van der Waals surface area contributed by atoms with E-state index in [2.05, 4.69) is 20.8 Å². The molecule has 0 spiro atoms. The molecule has 0 aliphatic rings. The third kappa shape index (κ3) is 25.2. The fourth-order valence-corrected chi connectivity index (χ4v) is 0. The van der Waals surface area contributed by atoms with Gasteiger partial charge in [0.05, 0.1) is 0 Å². The Morgan fingerprint density at radius 3 is 1.25 bits per heavy atom. The van der Waals surface area contributed by atoms with Crippen LogP contribution in [0.15, 0.2) is 0 Å². The molecule has 0 nitrogen and oxygen atoms in total. The molecule has 0 heterocycles. The van der Waals surface area contributed by atoms with Crippen LogP contribution in [-0.2, 0) is 0 Å².